The molecule has 1 unspecified atom stereocenters. The van der Waals surface area contributed by atoms with Gasteiger partial charge in [0.1, 0.15) is 5.60 Å². The summed E-state index contributed by atoms with van der Waals surface area (Å²) in [6, 6.07) is 0. The van der Waals surface area contributed by atoms with E-state index in [4.69, 9.17) is 4.74 Å². The monoisotopic (exact) mass is 300 g/mol. The number of likely N-dealkylation sites (N-methyl/N-ethyl adjacent to an activating group) is 1. The average molecular weight is 300 g/mol. The van der Waals surface area contributed by atoms with E-state index in [0.717, 1.165) is 0 Å². The minimum Gasteiger partial charge on any atom is -0.469 e. The van der Waals surface area contributed by atoms with Crippen LogP contribution >= 0.6 is 0 Å². The minimum atomic E-state index is -0.551. The van der Waals surface area contributed by atoms with E-state index in [1.54, 1.807) is 32.7 Å². The lowest BCUT2D eigenvalue weighted by Gasteiger charge is -2.26. The molecule has 1 fully saturated rings. The minimum absolute atomic E-state index is 0.0945. The Labute approximate surface area is 125 Å². The number of methoxy groups -OCH3 is 1. The van der Waals surface area contributed by atoms with Crippen LogP contribution in [0.5, 0.6) is 0 Å². The van der Waals surface area contributed by atoms with Crippen LogP contribution in [0.3, 0.4) is 0 Å². The molecular formula is C14H24N2O5. The van der Waals surface area contributed by atoms with Crippen LogP contribution in [0.1, 0.15) is 27.2 Å². The van der Waals surface area contributed by atoms with Crippen LogP contribution in [0.2, 0.25) is 0 Å². The average Bonchev–Trinajstić information content (AvgIpc) is 2.74. The predicted octanol–water partition coefficient (Wildman–Crippen LogP) is 0.875. The van der Waals surface area contributed by atoms with Crippen molar-refractivity contribution in [2.45, 2.75) is 32.8 Å². The number of nitrogens with zero attached hydrogens (tertiary/aromatic N) is 2. The summed E-state index contributed by atoms with van der Waals surface area (Å²) in [6.45, 7) is 6.46. The Morgan fingerprint density at radius 3 is 2.52 bits per heavy atom. The molecule has 1 atom stereocenters. The van der Waals surface area contributed by atoms with Crippen LogP contribution in [0.4, 0.5) is 4.79 Å². The standard InChI is InChI=1S/C14H24N2O5/c1-14(2,3)21-13(19)15(4)6-7-16-9-10(8-11(16)17)12(18)20-5/h10H,6-9H2,1-5H3. The molecule has 1 heterocycles. The fourth-order valence-corrected chi connectivity index (χ4v) is 2.01. The van der Waals surface area contributed by atoms with Crippen LogP contribution in [-0.4, -0.2) is 67.2 Å². The van der Waals surface area contributed by atoms with Gasteiger partial charge in [-0.05, 0) is 20.8 Å². The second kappa shape index (κ2) is 6.78. The second-order valence-corrected chi connectivity index (χ2v) is 6.17. The highest BCUT2D eigenvalue weighted by molar-refractivity contribution is 5.86. The van der Waals surface area contributed by atoms with Crippen LogP contribution in [-0.2, 0) is 19.1 Å². The van der Waals surface area contributed by atoms with Gasteiger partial charge in [0.25, 0.3) is 0 Å². The lowest BCUT2D eigenvalue weighted by Crippen LogP contribution is -2.40. The molecule has 0 saturated carbocycles. The molecule has 2 amide bonds. The van der Waals surface area contributed by atoms with Gasteiger partial charge in [0.05, 0.1) is 13.0 Å². The first-order valence-electron chi connectivity index (χ1n) is 6.93. The van der Waals surface area contributed by atoms with Crippen molar-refractivity contribution in [2.24, 2.45) is 5.92 Å². The van der Waals surface area contributed by atoms with Gasteiger partial charge in [-0.2, -0.15) is 0 Å². The maximum absolute atomic E-state index is 11.8. The summed E-state index contributed by atoms with van der Waals surface area (Å²) in [5, 5.41) is 0. The fraction of sp³-hybridized carbons (Fsp3) is 0.786. The molecule has 0 radical (unpaired) electrons. The number of hydrogen-bond acceptors (Lipinski definition) is 5. The van der Waals surface area contributed by atoms with E-state index < -0.39 is 17.6 Å². The lowest BCUT2D eigenvalue weighted by molar-refractivity contribution is -0.145. The molecule has 0 aromatic rings. The van der Waals surface area contributed by atoms with Gasteiger partial charge in [-0.25, -0.2) is 4.79 Å². The molecule has 1 saturated heterocycles. The quantitative estimate of drug-likeness (QED) is 0.720. The summed E-state index contributed by atoms with van der Waals surface area (Å²) in [4.78, 5) is 38.0. The highest BCUT2D eigenvalue weighted by Gasteiger charge is 2.35. The number of likely N-dealkylation sites (tertiary alicyclic amines) is 1. The molecule has 7 heteroatoms. The number of rotatable bonds is 4. The van der Waals surface area contributed by atoms with Gasteiger partial charge in [0.15, 0.2) is 0 Å². The molecule has 0 aromatic carbocycles. The van der Waals surface area contributed by atoms with Crippen LogP contribution < -0.4 is 0 Å². The molecule has 1 aliphatic rings. The normalized spacial score (nSPS) is 18.6. The number of carbonyl (C=O) groups is 3. The summed E-state index contributed by atoms with van der Waals surface area (Å²) < 4.78 is 9.87. The van der Waals surface area contributed by atoms with Crippen molar-refractivity contribution in [3.63, 3.8) is 0 Å². The molecule has 0 spiro atoms. The van der Waals surface area contributed by atoms with E-state index in [9.17, 15) is 14.4 Å². The first-order chi connectivity index (χ1) is 9.64. The Morgan fingerprint density at radius 1 is 1.38 bits per heavy atom. The SMILES string of the molecule is COC(=O)C1CC(=O)N(CCN(C)C(=O)OC(C)(C)C)C1. The molecule has 0 aliphatic carbocycles. The van der Waals surface area contributed by atoms with Crippen molar-refractivity contribution < 1.29 is 23.9 Å². The number of esters is 1. The molecule has 120 valence electrons. The molecule has 0 N–H and O–H groups in total. The highest BCUT2D eigenvalue weighted by atomic mass is 16.6. The van der Waals surface area contributed by atoms with E-state index in [2.05, 4.69) is 4.74 Å². The predicted molar refractivity (Wildman–Crippen MR) is 75.6 cm³/mol. The highest BCUT2D eigenvalue weighted by Crippen LogP contribution is 2.18. The van der Waals surface area contributed by atoms with Crippen LogP contribution in [0, 0.1) is 5.92 Å². The van der Waals surface area contributed by atoms with Gasteiger partial charge in [0, 0.05) is 33.1 Å². The van der Waals surface area contributed by atoms with Crippen molar-refractivity contribution in [2.75, 3.05) is 33.8 Å². The third-order valence-corrected chi connectivity index (χ3v) is 3.16. The number of amides is 2. The van der Waals surface area contributed by atoms with Crippen molar-refractivity contribution in [3.05, 3.63) is 0 Å². The van der Waals surface area contributed by atoms with Gasteiger partial charge in [0.2, 0.25) is 5.91 Å². The zero-order valence-corrected chi connectivity index (χ0v) is 13.3. The third-order valence-electron chi connectivity index (χ3n) is 3.16. The maximum Gasteiger partial charge on any atom is 0.410 e. The molecular weight excluding hydrogens is 276 g/mol. The summed E-state index contributed by atoms with van der Waals surface area (Å²) >= 11 is 0. The topological polar surface area (TPSA) is 76.2 Å². The van der Waals surface area contributed by atoms with Gasteiger partial charge < -0.3 is 19.3 Å². The van der Waals surface area contributed by atoms with Crippen LogP contribution in [0.25, 0.3) is 0 Å². The smallest absolute Gasteiger partial charge is 0.410 e. The van der Waals surface area contributed by atoms with Crippen molar-refractivity contribution in [1.82, 2.24) is 9.80 Å². The second-order valence-electron chi connectivity index (χ2n) is 6.17. The Balaban J connectivity index is 2.43. The van der Waals surface area contributed by atoms with E-state index in [1.807, 2.05) is 0 Å². The molecule has 1 rings (SSSR count). The Hall–Kier alpha value is -1.79. The molecule has 7 nitrogen and oxygen atoms in total. The van der Waals surface area contributed by atoms with E-state index in [-0.39, 0.29) is 18.3 Å². The van der Waals surface area contributed by atoms with E-state index in [0.29, 0.717) is 19.6 Å². The molecule has 0 aromatic heterocycles. The first kappa shape index (κ1) is 17.3. The summed E-state index contributed by atoms with van der Waals surface area (Å²) in [5.41, 5.74) is -0.551. The largest absolute Gasteiger partial charge is 0.469 e. The summed E-state index contributed by atoms with van der Waals surface area (Å²) in [7, 11) is 2.93. The Kier molecular flexibility index (Phi) is 5.57. The number of carbonyl (C=O) groups excluding carboxylic acids is 3. The molecule has 21 heavy (non-hydrogen) atoms. The number of ether oxygens (including phenoxy) is 2. The van der Waals surface area contributed by atoms with Crippen molar-refractivity contribution in [3.8, 4) is 0 Å². The van der Waals surface area contributed by atoms with Crippen molar-refractivity contribution in [1.29, 1.82) is 0 Å². The number of hydrogen-bond donors (Lipinski definition) is 0. The molecule has 1 aliphatic heterocycles. The lowest BCUT2D eigenvalue weighted by atomic mass is 10.1. The van der Waals surface area contributed by atoms with Gasteiger partial charge in [-0.15, -0.1) is 0 Å². The molecule has 0 bridgehead atoms. The third kappa shape index (κ3) is 5.24. The fourth-order valence-electron chi connectivity index (χ4n) is 2.01. The summed E-state index contributed by atoms with van der Waals surface area (Å²) in [5.74, 6) is -0.872. The summed E-state index contributed by atoms with van der Waals surface area (Å²) in [6.07, 6.45) is -0.262. The Morgan fingerprint density at radius 2 is 2.00 bits per heavy atom. The van der Waals surface area contributed by atoms with Gasteiger partial charge >= 0.3 is 12.1 Å². The van der Waals surface area contributed by atoms with E-state index in [1.165, 1.54) is 12.0 Å². The zero-order valence-electron chi connectivity index (χ0n) is 13.3. The van der Waals surface area contributed by atoms with Gasteiger partial charge in [-0.3, -0.25) is 9.59 Å². The van der Waals surface area contributed by atoms with E-state index >= 15 is 0 Å². The van der Waals surface area contributed by atoms with Crippen LogP contribution in [0.15, 0.2) is 0 Å². The maximum atomic E-state index is 11.8. The first-order valence-corrected chi connectivity index (χ1v) is 6.93. The van der Waals surface area contributed by atoms with Crippen molar-refractivity contribution >= 4 is 18.0 Å². The zero-order chi connectivity index (χ0) is 16.2. The van der Waals surface area contributed by atoms with Gasteiger partial charge in [-0.1, -0.05) is 0 Å². The Bertz CT molecular complexity index is 416.